The minimum atomic E-state index is 0.300. The number of alkyl halides is 1. The molecule has 1 rings (SSSR count). The second kappa shape index (κ2) is 4.35. The van der Waals surface area contributed by atoms with Gasteiger partial charge in [-0.25, -0.2) is 4.98 Å². The van der Waals surface area contributed by atoms with Gasteiger partial charge in [0.1, 0.15) is 5.76 Å². The van der Waals surface area contributed by atoms with Crippen LogP contribution in [0.1, 0.15) is 39.3 Å². The van der Waals surface area contributed by atoms with E-state index in [1.54, 1.807) is 6.20 Å². The number of rotatable bonds is 3. The number of hydrogen-bond acceptors (Lipinski definition) is 2. The molecule has 0 saturated carbocycles. The normalized spacial score (nSPS) is 14.4. The Morgan fingerprint density at radius 1 is 1.50 bits per heavy atom. The van der Waals surface area contributed by atoms with Gasteiger partial charge in [-0.2, -0.15) is 0 Å². The van der Waals surface area contributed by atoms with Crippen LogP contribution in [0.4, 0.5) is 0 Å². The van der Waals surface area contributed by atoms with Gasteiger partial charge in [-0.15, -0.1) is 11.6 Å². The van der Waals surface area contributed by atoms with E-state index in [4.69, 9.17) is 16.0 Å². The van der Waals surface area contributed by atoms with Crippen LogP contribution in [0.2, 0.25) is 0 Å². The Balaban J connectivity index is 2.60. The van der Waals surface area contributed by atoms with Crippen molar-refractivity contribution in [3.63, 3.8) is 0 Å². The number of nitrogens with zero attached hydrogens (tertiary/aromatic N) is 1. The first-order chi connectivity index (χ1) is 6.43. The average molecular weight is 216 g/mol. The monoisotopic (exact) mass is 215 g/mol. The summed E-state index contributed by atoms with van der Waals surface area (Å²) in [5, 5.41) is 0. The molecular formula is C11H18ClNO. The highest BCUT2D eigenvalue weighted by atomic mass is 35.5. The van der Waals surface area contributed by atoms with Crippen LogP contribution in [0.25, 0.3) is 0 Å². The average Bonchev–Trinajstić information content (AvgIpc) is 2.50. The molecule has 0 N–H and O–H groups in total. The predicted molar refractivity (Wildman–Crippen MR) is 58.4 cm³/mol. The summed E-state index contributed by atoms with van der Waals surface area (Å²) in [7, 11) is 0. The highest BCUT2D eigenvalue weighted by Gasteiger charge is 2.21. The van der Waals surface area contributed by atoms with Crippen molar-refractivity contribution >= 4 is 11.6 Å². The SMILES string of the molecule is CC(Cc1cnc(CCl)o1)C(C)(C)C. The summed E-state index contributed by atoms with van der Waals surface area (Å²) in [6.45, 7) is 8.92. The molecule has 14 heavy (non-hydrogen) atoms. The standard InChI is InChI=1S/C11H18ClNO/c1-8(11(2,3)4)5-9-7-13-10(6-12)14-9/h7-8H,5-6H2,1-4H3. The third-order valence-corrected chi connectivity index (χ3v) is 2.93. The molecule has 1 unspecified atom stereocenters. The van der Waals surface area contributed by atoms with Crippen LogP contribution in [0.5, 0.6) is 0 Å². The Morgan fingerprint density at radius 2 is 2.14 bits per heavy atom. The zero-order valence-electron chi connectivity index (χ0n) is 9.30. The summed E-state index contributed by atoms with van der Waals surface area (Å²) >= 11 is 5.61. The summed E-state index contributed by atoms with van der Waals surface area (Å²) in [5.41, 5.74) is 0.300. The van der Waals surface area contributed by atoms with E-state index in [-0.39, 0.29) is 0 Å². The predicted octanol–water partition coefficient (Wildman–Crippen LogP) is 3.64. The lowest BCUT2D eigenvalue weighted by Crippen LogP contribution is -2.19. The molecule has 0 aliphatic carbocycles. The molecule has 2 nitrogen and oxygen atoms in total. The van der Waals surface area contributed by atoms with Crippen LogP contribution in [0.15, 0.2) is 10.6 Å². The highest BCUT2D eigenvalue weighted by Crippen LogP contribution is 2.28. The van der Waals surface area contributed by atoms with Crippen molar-refractivity contribution in [2.75, 3.05) is 0 Å². The van der Waals surface area contributed by atoms with Gasteiger partial charge in [0.05, 0.1) is 12.1 Å². The van der Waals surface area contributed by atoms with Crippen molar-refractivity contribution in [3.05, 3.63) is 17.8 Å². The first-order valence-corrected chi connectivity index (χ1v) is 5.46. The van der Waals surface area contributed by atoms with Crippen LogP contribution in [-0.4, -0.2) is 4.98 Å². The summed E-state index contributed by atoms with van der Waals surface area (Å²) in [4.78, 5) is 4.07. The number of halogens is 1. The first kappa shape index (κ1) is 11.6. The molecule has 0 aromatic carbocycles. The first-order valence-electron chi connectivity index (χ1n) is 4.93. The maximum absolute atomic E-state index is 5.61. The zero-order valence-corrected chi connectivity index (χ0v) is 10.1. The van der Waals surface area contributed by atoms with Gasteiger partial charge in [0, 0.05) is 6.42 Å². The van der Waals surface area contributed by atoms with Crippen molar-refractivity contribution in [3.8, 4) is 0 Å². The summed E-state index contributed by atoms with van der Waals surface area (Å²) < 4.78 is 5.46. The van der Waals surface area contributed by atoms with Gasteiger partial charge in [0.25, 0.3) is 0 Å². The van der Waals surface area contributed by atoms with E-state index in [1.165, 1.54) is 0 Å². The van der Waals surface area contributed by atoms with Gasteiger partial charge < -0.3 is 4.42 Å². The molecule has 1 atom stereocenters. The Kier molecular flexibility index (Phi) is 3.59. The molecule has 0 saturated heterocycles. The quantitative estimate of drug-likeness (QED) is 0.720. The second-order valence-corrected chi connectivity index (χ2v) is 5.09. The van der Waals surface area contributed by atoms with Crippen LogP contribution in [0.3, 0.4) is 0 Å². The van der Waals surface area contributed by atoms with Crippen molar-refractivity contribution in [2.24, 2.45) is 11.3 Å². The van der Waals surface area contributed by atoms with Crippen LogP contribution in [-0.2, 0) is 12.3 Å². The number of oxazole rings is 1. The Morgan fingerprint density at radius 3 is 2.57 bits per heavy atom. The lowest BCUT2D eigenvalue weighted by molar-refractivity contribution is 0.246. The molecule has 0 fully saturated rings. The van der Waals surface area contributed by atoms with Crippen LogP contribution in [0, 0.1) is 11.3 Å². The summed E-state index contributed by atoms with van der Waals surface area (Å²) in [6, 6.07) is 0. The van der Waals surface area contributed by atoms with E-state index in [0.29, 0.717) is 23.1 Å². The van der Waals surface area contributed by atoms with Gasteiger partial charge in [0.15, 0.2) is 0 Å². The fraction of sp³-hybridized carbons (Fsp3) is 0.727. The highest BCUT2D eigenvalue weighted by molar-refractivity contribution is 6.16. The maximum Gasteiger partial charge on any atom is 0.209 e. The van der Waals surface area contributed by atoms with Crippen LogP contribution >= 0.6 is 11.6 Å². The molecule has 0 aliphatic heterocycles. The van der Waals surface area contributed by atoms with E-state index >= 15 is 0 Å². The third kappa shape index (κ3) is 3.02. The van der Waals surface area contributed by atoms with Gasteiger partial charge in [-0.05, 0) is 11.3 Å². The fourth-order valence-corrected chi connectivity index (χ4v) is 1.24. The maximum atomic E-state index is 5.61. The Bertz CT molecular complexity index is 288. The zero-order chi connectivity index (χ0) is 10.8. The largest absolute Gasteiger partial charge is 0.444 e. The van der Waals surface area contributed by atoms with Crippen molar-refractivity contribution < 1.29 is 4.42 Å². The van der Waals surface area contributed by atoms with Crippen LogP contribution < -0.4 is 0 Å². The molecule has 0 aliphatic rings. The van der Waals surface area contributed by atoms with Crippen molar-refractivity contribution in [2.45, 2.75) is 40.0 Å². The van der Waals surface area contributed by atoms with Crippen molar-refractivity contribution in [1.29, 1.82) is 0 Å². The molecule has 0 radical (unpaired) electrons. The van der Waals surface area contributed by atoms with E-state index in [2.05, 4.69) is 32.7 Å². The minimum absolute atomic E-state index is 0.300. The molecule has 0 bridgehead atoms. The second-order valence-electron chi connectivity index (χ2n) is 4.83. The Hall–Kier alpha value is -0.500. The van der Waals surface area contributed by atoms with Gasteiger partial charge in [-0.3, -0.25) is 0 Å². The molecule has 80 valence electrons. The lowest BCUT2D eigenvalue weighted by atomic mass is 9.80. The Labute approximate surface area is 90.7 Å². The third-order valence-electron chi connectivity index (χ3n) is 2.70. The van der Waals surface area contributed by atoms with E-state index in [9.17, 15) is 0 Å². The van der Waals surface area contributed by atoms with Gasteiger partial charge >= 0.3 is 0 Å². The van der Waals surface area contributed by atoms with Gasteiger partial charge in [-0.1, -0.05) is 27.7 Å². The number of aromatic nitrogens is 1. The molecule has 1 heterocycles. The smallest absolute Gasteiger partial charge is 0.209 e. The van der Waals surface area contributed by atoms with E-state index < -0.39 is 0 Å². The molecular weight excluding hydrogens is 198 g/mol. The fourth-order valence-electron chi connectivity index (χ4n) is 1.11. The summed E-state index contributed by atoms with van der Waals surface area (Å²) in [6.07, 6.45) is 2.70. The number of hydrogen-bond donors (Lipinski definition) is 0. The lowest BCUT2D eigenvalue weighted by Gasteiger charge is -2.26. The van der Waals surface area contributed by atoms with E-state index in [0.717, 1.165) is 12.2 Å². The molecule has 3 heteroatoms. The topological polar surface area (TPSA) is 26.0 Å². The summed E-state index contributed by atoms with van der Waals surface area (Å²) in [5.74, 6) is 2.47. The minimum Gasteiger partial charge on any atom is -0.444 e. The molecule has 0 spiro atoms. The molecule has 1 aromatic rings. The molecule has 1 aromatic heterocycles. The van der Waals surface area contributed by atoms with E-state index in [1.807, 2.05) is 0 Å². The van der Waals surface area contributed by atoms with Gasteiger partial charge in [0.2, 0.25) is 5.89 Å². The molecule has 0 amide bonds. The van der Waals surface area contributed by atoms with Crippen molar-refractivity contribution in [1.82, 2.24) is 4.98 Å².